The fourth-order valence-electron chi connectivity index (χ4n) is 1.49. The van der Waals surface area contributed by atoms with Gasteiger partial charge in [0.1, 0.15) is 0 Å². The first-order chi connectivity index (χ1) is 6.47. The van der Waals surface area contributed by atoms with E-state index < -0.39 is 0 Å². The number of ketones is 1. The minimum Gasteiger partial charge on any atom is -0.330 e. The van der Waals surface area contributed by atoms with Gasteiger partial charge in [0, 0.05) is 6.42 Å². The molecule has 0 aliphatic heterocycles. The molecule has 14 heavy (non-hydrogen) atoms. The lowest BCUT2D eigenvalue weighted by Gasteiger charge is -2.15. The van der Waals surface area contributed by atoms with Crippen molar-refractivity contribution in [2.45, 2.75) is 40.0 Å². The number of carbonyl (C=O) groups excluding carboxylic acids is 1. The molecule has 2 nitrogen and oxygen atoms in total. The second-order valence-electron chi connectivity index (χ2n) is 4.42. The maximum atomic E-state index is 11.3. The Bertz CT molecular complexity index is 198. The zero-order valence-corrected chi connectivity index (χ0v) is 9.68. The Hall–Kier alpha value is -0.630. The van der Waals surface area contributed by atoms with Crippen LogP contribution in [0, 0.1) is 11.8 Å². The van der Waals surface area contributed by atoms with Crippen molar-refractivity contribution in [3.05, 3.63) is 12.2 Å². The molecule has 0 aromatic heterocycles. The van der Waals surface area contributed by atoms with Crippen molar-refractivity contribution in [3.8, 4) is 0 Å². The van der Waals surface area contributed by atoms with Crippen LogP contribution >= 0.6 is 0 Å². The second-order valence-corrected chi connectivity index (χ2v) is 4.42. The van der Waals surface area contributed by atoms with Crippen molar-refractivity contribution in [1.29, 1.82) is 0 Å². The molecule has 0 aliphatic rings. The fourth-order valence-corrected chi connectivity index (χ4v) is 1.49. The smallest absolute Gasteiger partial charge is 0.157 e. The van der Waals surface area contributed by atoms with Crippen LogP contribution in [0.25, 0.3) is 0 Å². The molecule has 0 spiro atoms. The van der Waals surface area contributed by atoms with E-state index in [2.05, 4.69) is 20.4 Å². The van der Waals surface area contributed by atoms with Crippen molar-refractivity contribution in [2.24, 2.45) is 17.6 Å². The van der Waals surface area contributed by atoms with E-state index in [1.165, 1.54) is 0 Å². The number of rotatable bonds is 7. The standard InChI is InChI=1S/C12H23NO/c1-9(2)12(14)6-5-10(3)7-11(4)8-13/h10-11H,1,5-8,13H2,2-4H3. The van der Waals surface area contributed by atoms with Gasteiger partial charge in [-0.05, 0) is 43.7 Å². The highest BCUT2D eigenvalue weighted by Crippen LogP contribution is 2.16. The zero-order chi connectivity index (χ0) is 11.1. The molecule has 2 unspecified atom stereocenters. The highest BCUT2D eigenvalue weighted by Gasteiger charge is 2.10. The van der Waals surface area contributed by atoms with Gasteiger partial charge in [0.15, 0.2) is 5.78 Å². The lowest BCUT2D eigenvalue weighted by Crippen LogP contribution is -2.14. The molecule has 82 valence electrons. The number of nitrogens with two attached hydrogens (primary N) is 1. The van der Waals surface area contributed by atoms with E-state index >= 15 is 0 Å². The maximum Gasteiger partial charge on any atom is 0.157 e. The van der Waals surface area contributed by atoms with Gasteiger partial charge >= 0.3 is 0 Å². The van der Waals surface area contributed by atoms with Gasteiger partial charge in [-0.3, -0.25) is 4.79 Å². The third-order valence-electron chi connectivity index (χ3n) is 2.55. The molecule has 0 amide bonds. The topological polar surface area (TPSA) is 43.1 Å². The monoisotopic (exact) mass is 197 g/mol. The molecule has 0 bridgehead atoms. The largest absolute Gasteiger partial charge is 0.330 e. The van der Waals surface area contributed by atoms with E-state index in [0.29, 0.717) is 23.8 Å². The van der Waals surface area contributed by atoms with Gasteiger partial charge in [-0.2, -0.15) is 0 Å². The van der Waals surface area contributed by atoms with Gasteiger partial charge in [0.05, 0.1) is 0 Å². The molecule has 0 rings (SSSR count). The number of Topliss-reactive ketones (excluding diaryl/α,β-unsaturated/α-hetero) is 1. The van der Waals surface area contributed by atoms with Crippen molar-refractivity contribution in [1.82, 2.24) is 0 Å². The van der Waals surface area contributed by atoms with E-state index in [9.17, 15) is 4.79 Å². The minimum absolute atomic E-state index is 0.192. The lowest BCUT2D eigenvalue weighted by atomic mass is 9.92. The van der Waals surface area contributed by atoms with Crippen LogP contribution in [0.5, 0.6) is 0 Å². The summed E-state index contributed by atoms with van der Waals surface area (Å²) < 4.78 is 0. The van der Waals surface area contributed by atoms with Crippen LogP contribution in [0.2, 0.25) is 0 Å². The predicted molar refractivity (Wildman–Crippen MR) is 61.1 cm³/mol. The Labute approximate surface area is 87.6 Å². The lowest BCUT2D eigenvalue weighted by molar-refractivity contribution is -0.115. The molecular formula is C12H23NO. The van der Waals surface area contributed by atoms with Crippen LogP contribution in [-0.2, 0) is 4.79 Å². The molecule has 0 saturated carbocycles. The van der Waals surface area contributed by atoms with Crippen molar-refractivity contribution in [2.75, 3.05) is 6.54 Å². The Kier molecular flexibility index (Phi) is 6.46. The van der Waals surface area contributed by atoms with Gasteiger partial charge < -0.3 is 5.73 Å². The SMILES string of the molecule is C=C(C)C(=O)CCC(C)CC(C)CN. The summed E-state index contributed by atoms with van der Waals surface area (Å²) in [6.45, 7) is 10.5. The van der Waals surface area contributed by atoms with Crippen molar-refractivity contribution < 1.29 is 4.79 Å². The molecule has 0 saturated heterocycles. The summed E-state index contributed by atoms with van der Waals surface area (Å²) in [5.74, 6) is 1.33. The summed E-state index contributed by atoms with van der Waals surface area (Å²) in [7, 11) is 0. The van der Waals surface area contributed by atoms with Crippen LogP contribution in [0.15, 0.2) is 12.2 Å². The Morgan fingerprint density at radius 3 is 2.36 bits per heavy atom. The summed E-state index contributed by atoms with van der Waals surface area (Å²) in [5.41, 5.74) is 6.21. The Morgan fingerprint density at radius 1 is 1.36 bits per heavy atom. The molecular weight excluding hydrogens is 174 g/mol. The molecule has 0 radical (unpaired) electrons. The van der Waals surface area contributed by atoms with Gasteiger partial charge in [-0.1, -0.05) is 20.4 Å². The van der Waals surface area contributed by atoms with Crippen LogP contribution in [0.4, 0.5) is 0 Å². The third-order valence-corrected chi connectivity index (χ3v) is 2.55. The summed E-state index contributed by atoms with van der Waals surface area (Å²) in [4.78, 5) is 11.3. The van der Waals surface area contributed by atoms with Crippen LogP contribution in [0.3, 0.4) is 0 Å². The summed E-state index contributed by atoms with van der Waals surface area (Å²) in [5, 5.41) is 0. The average Bonchev–Trinajstić information content (AvgIpc) is 2.13. The molecule has 2 atom stereocenters. The van der Waals surface area contributed by atoms with Crippen LogP contribution < -0.4 is 5.73 Å². The third kappa shape index (κ3) is 5.92. The quantitative estimate of drug-likeness (QED) is 0.637. The molecule has 0 aromatic rings. The molecule has 0 aliphatic carbocycles. The molecule has 0 fully saturated rings. The maximum absolute atomic E-state index is 11.3. The van der Waals surface area contributed by atoms with Crippen LogP contribution in [-0.4, -0.2) is 12.3 Å². The zero-order valence-electron chi connectivity index (χ0n) is 9.68. The van der Waals surface area contributed by atoms with Gasteiger partial charge in [-0.15, -0.1) is 0 Å². The van der Waals surface area contributed by atoms with E-state index in [0.717, 1.165) is 19.4 Å². The van der Waals surface area contributed by atoms with E-state index in [1.54, 1.807) is 6.92 Å². The number of hydrogen-bond donors (Lipinski definition) is 1. The normalized spacial score (nSPS) is 14.9. The predicted octanol–water partition coefficient (Wildman–Crippen LogP) is 2.53. The average molecular weight is 197 g/mol. The summed E-state index contributed by atoms with van der Waals surface area (Å²) in [6, 6.07) is 0. The molecule has 0 heterocycles. The second kappa shape index (κ2) is 6.77. The van der Waals surface area contributed by atoms with E-state index in [4.69, 9.17) is 5.73 Å². The highest BCUT2D eigenvalue weighted by molar-refractivity contribution is 5.93. The number of hydrogen-bond acceptors (Lipinski definition) is 2. The highest BCUT2D eigenvalue weighted by atomic mass is 16.1. The van der Waals surface area contributed by atoms with E-state index in [1.807, 2.05) is 0 Å². The Morgan fingerprint density at radius 2 is 1.93 bits per heavy atom. The molecule has 2 heteroatoms. The van der Waals surface area contributed by atoms with Gasteiger partial charge in [0.2, 0.25) is 0 Å². The fraction of sp³-hybridized carbons (Fsp3) is 0.750. The molecule has 0 aromatic carbocycles. The first kappa shape index (κ1) is 13.4. The number of carbonyl (C=O) groups is 1. The van der Waals surface area contributed by atoms with E-state index in [-0.39, 0.29) is 5.78 Å². The van der Waals surface area contributed by atoms with Crippen LogP contribution in [0.1, 0.15) is 40.0 Å². The van der Waals surface area contributed by atoms with Gasteiger partial charge in [-0.25, -0.2) is 0 Å². The molecule has 2 N–H and O–H groups in total. The Balaban J connectivity index is 3.68. The van der Waals surface area contributed by atoms with Gasteiger partial charge in [0.25, 0.3) is 0 Å². The first-order valence-electron chi connectivity index (χ1n) is 5.36. The number of allylic oxidation sites excluding steroid dienone is 1. The van der Waals surface area contributed by atoms with Crippen molar-refractivity contribution >= 4 is 5.78 Å². The summed E-state index contributed by atoms with van der Waals surface area (Å²) in [6.07, 6.45) is 2.70. The minimum atomic E-state index is 0.192. The first-order valence-corrected chi connectivity index (χ1v) is 5.36. The van der Waals surface area contributed by atoms with Crippen molar-refractivity contribution in [3.63, 3.8) is 0 Å². The summed E-state index contributed by atoms with van der Waals surface area (Å²) >= 11 is 0.